The van der Waals surface area contributed by atoms with Crippen LogP contribution in [0, 0.1) is 11.8 Å². The van der Waals surface area contributed by atoms with Gasteiger partial charge in [-0.05, 0) is 49.8 Å². The molecule has 4 rings (SSSR count). The van der Waals surface area contributed by atoms with Gasteiger partial charge in [0.25, 0.3) is 0 Å². The molecule has 0 N–H and O–H groups in total. The van der Waals surface area contributed by atoms with Crippen LogP contribution in [0.15, 0.2) is 72.6 Å². The summed E-state index contributed by atoms with van der Waals surface area (Å²) in [6.07, 6.45) is 4.66. The molecule has 34 heavy (non-hydrogen) atoms. The smallest absolute Gasteiger partial charge is 0.306 e. The number of rotatable bonds is 11. The molecule has 1 fully saturated rings. The maximum absolute atomic E-state index is 14.4. The molecule has 0 bridgehead atoms. The summed E-state index contributed by atoms with van der Waals surface area (Å²) in [7, 11) is -5.17. The Balaban J connectivity index is 1.50. The number of β-lactam (4-membered cyclic amide) rings is 1. The Morgan fingerprint density at radius 1 is 1.06 bits per heavy atom. The van der Waals surface area contributed by atoms with Gasteiger partial charge in [0.05, 0.1) is 22.6 Å². The van der Waals surface area contributed by atoms with Crippen LogP contribution in [0.25, 0.3) is 0 Å². The van der Waals surface area contributed by atoms with Gasteiger partial charge < -0.3 is 13.8 Å². The van der Waals surface area contributed by atoms with E-state index in [1.54, 1.807) is 11.1 Å². The van der Waals surface area contributed by atoms with Crippen LogP contribution in [0.5, 0.6) is 0 Å². The number of nitrogens with zero attached hydrogens (tertiary/aromatic N) is 1. The van der Waals surface area contributed by atoms with E-state index in [2.05, 4.69) is 20.0 Å². The average Bonchev–Trinajstić information content (AvgIpc) is 3.20. The van der Waals surface area contributed by atoms with Crippen molar-refractivity contribution in [2.45, 2.75) is 58.3 Å². The molecule has 0 aromatic heterocycles. The second-order valence-electron chi connectivity index (χ2n) is 9.79. The lowest BCUT2D eigenvalue weighted by atomic mass is 9.80. The summed E-state index contributed by atoms with van der Waals surface area (Å²) >= 11 is 0. The number of benzene rings is 2. The summed E-state index contributed by atoms with van der Waals surface area (Å²) in [5, 5.41) is 1.20. The number of fused-ring (bicyclic) bond motifs is 1. The predicted molar refractivity (Wildman–Crippen MR) is 140 cm³/mol. The van der Waals surface area contributed by atoms with Gasteiger partial charge >= 0.3 is 7.37 Å². The van der Waals surface area contributed by atoms with Crippen molar-refractivity contribution in [3.8, 4) is 0 Å². The molecule has 182 valence electrons. The first-order valence-corrected chi connectivity index (χ1v) is 16.9. The second kappa shape index (κ2) is 10.2. The highest BCUT2D eigenvalue weighted by Crippen LogP contribution is 2.52. The van der Waals surface area contributed by atoms with Crippen LogP contribution in [0.3, 0.4) is 0 Å². The Bertz CT molecular complexity index is 1050. The van der Waals surface area contributed by atoms with Gasteiger partial charge in [-0.3, -0.25) is 9.36 Å². The third-order valence-corrected chi connectivity index (χ3v) is 11.8. The molecular formula is C27H36NO4PSi. The van der Waals surface area contributed by atoms with Gasteiger partial charge in [-0.25, -0.2) is 0 Å². The van der Waals surface area contributed by atoms with Gasteiger partial charge in [0.1, 0.15) is 5.76 Å². The number of carbonyl (C=O) groups is 1. The zero-order chi connectivity index (χ0) is 25.1. The monoisotopic (exact) mass is 499 g/mol. The first kappa shape index (κ1) is 23.6. The molecule has 0 aliphatic carbocycles. The molecule has 0 saturated carbocycles. The van der Waals surface area contributed by atoms with Crippen LogP contribution in [-0.4, -0.2) is 31.8 Å². The molecule has 5 nitrogen and oxygen atoms in total. The maximum Gasteiger partial charge on any atom is 0.306 e. The van der Waals surface area contributed by atoms with Crippen LogP contribution in [0.2, 0.25) is 19.1 Å². The molecular weight excluding hydrogens is 461 g/mol. The minimum absolute atomic E-state index is 0.0398. The van der Waals surface area contributed by atoms with E-state index in [1.165, 1.54) is 6.42 Å². The Morgan fingerprint density at radius 3 is 2.24 bits per heavy atom. The summed E-state index contributed by atoms with van der Waals surface area (Å²) in [5.74, 6) is 0.0173. The molecule has 2 aliphatic rings. The second-order valence-corrected chi connectivity index (χ2v) is 16.4. The standard InChI is InChI=1S/C27H36NO4PSi/c1-5-6-19-34(3,4)31-18-17-24-26-21(2)25(20-28(26)27(24)29)32-33(30,22-13-9-7-10-14-22)23-15-11-8-12-16-23/h7-16,20-21,24,26H,5-6,17-19H2,1-4H3/t21-,24-,26+/m0/s1/i2T. The van der Waals surface area contributed by atoms with Crippen molar-refractivity contribution in [3.05, 3.63) is 72.6 Å². The summed E-state index contributed by atoms with van der Waals surface area (Å²) in [4.78, 5) is 14.6. The van der Waals surface area contributed by atoms with E-state index in [1.807, 2.05) is 60.7 Å². The van der Waals surface area contributed by atoms with Gasteiger partial charge in [-0.2, -0.15) is 0 Å². The Morgan fingerprint density at radius 2 is 1.68 bits per heavy atom. The predicted octanol–water partition coefficient (Wildman–Crippen LogP) is 5.66. The average molecular weight is 500 g/mol. The van der Waals surface area contributed by atoms with Crippen molar-refractivity contribution >= 4 is 32.2 Å². The first-order chi connectivity index (χ1) is 16.8. The quantitative estimate of drug-likeness (QED) is 0.227. The zero-order valence-corrected chi connectivity index (χ0v) is 22.2. The fourth-order valence-electron chi connectivity index (χ4n) is 4.80. The third kappa shape index (κ3) is 4.95. The Hall–Kier alpha value is -2.14. The zero-order valence-electron chi connectivity index (χ0n) is 21.4. The highest BCUT2D eigenvalue weighted by Gasteiger charge is 2.54. The minimum Gasteiger partial charge on any atom is -0.439 e. The van der Waals surface area contributed by atoms with Crippen molar-refractivity contribution in [2.75, 3.05) is 6.61 Å². The number of amides is 1. The van der Waals surface area contributed by atoms with Crippen LogP contribution in [-0.2, 0) is 18.3 Å². The largest absolute Gasteiger partial charge is 0.439 e. The van der Waals surface area contributed by atoms with Gasteiger partial charge in [0, 0.05) is 20.1 Å². The molecule has 1 amide bonds. The maximum atomic E-state index is 14.4. The van der Waals surface area contributed by atoms with Crippen molar-refractivity contribution in [1.29, 1.82) is 0 Å². The van der Waals surface area contributed by atoms with E-state index >= 15 is 0 Å². The molecule has 1 saturated heterocycles. The lowest BCUT2D eigenvalue weighted by Gasteiger charge is -2.44. The molecule has 2 aliphatic heterocycles. The molecule has 2 aromatic rings. The van der Waals surface area contributed by atoms with E-state index in [-0.39, 0.29) is 30.7 Å². The van der Waals surface area contributed by atoms with Crippen LogP contribution in [0.1, 0.15) is 34.5 Å². The van der Waals surface area contributed by atoms with E-state index in [0.29, 0.717) is 29.4 Å². The SMILES string of the molecule is [3H]C[C@H]1C(OP(=O)(c2ccccc2)c2ccccc2)=CN2C(=O)[C@@H](CCO[Si](C)(C)CCCC)[C@@H]12. The third-order valence-electron chi connectivity index (χ3n) is 6.83. The number of unbranched alkanes of at least 4 members (excludes halogenated alkanes) is 1. The summed E-state index contributed by atoms with van der Waals surface area (Å²) in [6.45, 7) is 7.29. The molecule has 2 heterocycles. The molecule has 0 spiro atoms. The minimum atomic E-state index is -3.45. The molecule has 7 heteroatoms. The van der Waals surface area contributed by atoms with Crippen molar-refractivity contribution < 1.29 is 19.7 Å². The highest BCUT2D eigenvalue weighted by atomic mass is 31.2. The normalized spacial score (nSPS) is 22.6. The summed E-state index contributed by atoms with van der Waals surface area (Å²) < 4.78 is 35.2. The van der Waals surface area contributed by atoms with E-state index in [0.717, 1.165) is 12.5 Å². The van der Waals surface area contributed by atoms with E-state index < -0.39 is 15.7 Å². The number of hydrogen-bond donors (Lipinski definition) is 0. The van der Waals surface area contributed by atoms with Gasteiger partial charge in [0.15, 0.2) is 8.32 Å². The molecule has 2 aromatic carbocycles. The summed E-state index contributed by atoms with van der Waals surface area (Å²) in [5.41, 5.74) is 0. The first-order valence-electron chi connectivity index (χ1n) is 12.9. The topological polar surface area (TPSA) is 55.8 Å². The summed E-state index contributed by atoms with van der Waals surface area (Å²) in [6, 6.07) is 19.4. The van der Waals surface area contributed by atoms with Crippen molar-refractivity contribution in [3.63, 3.8) is 0 Å². The lowest BCUT2D eigenvalue weighted by molar-refractivity contribution is -0.152. The van der Waals surface area contributed by atoms with Gasteiger partial charge in [0.2, 0.25) is 5.91 Å². The lowest BCUT2D eigenvalue weighted by Crippen LogP contribution is -2.58. The molecule has 0 radical (unpaired) electrons. The highest BCUT2D eigenvalue weighted by molar-refractivity contribution is 7.74. The Labute approximate surface area is 206 Å². The van der Waals surface area contributed by atoms with E-state index in [9.17, 15) is 9.36 Å². The van der Waals surface area contributed by atoms with Crippen LogP contribution in [0.4, 0.5) is 0 Å². The van der Waals surface area contributed by atoms with Gasteiger partial charge in [-0.15, -0.1) is 0 Å². The van der Waals surface area contributed by atoms with Crippen LogP contribution >= 0.6 is 7.37 Å². The fraction of sp³-hybridized carbons (Fsp3) is 0.444. The fourth-order valence-corrected chi connectivity index (χ4v) is 8.93. The Kier molecular flexibility index (Phi) is 7.10. The van der Waals surface area contributed by atoms with Crippen molar-refractivity contribution in [2.24, 2.45) is 11.8 Å². The van der Waals surface area contributed by atoms with E-state index in [4.69, 9.17) is 10.3 Å². The van der Waals surface area contributed by atoms with Gasteiger partial charge in [-0.1, -0.05) is 63.1 Å². The van der Waals surface area contributed by atoms with Crippen LogP contribution < -0.4 is 10.6 Å². The molecule has 3 atom stereocenters. The number of carbonyl (C=O) groups excluding carboxylic acids is 1. The molecule has 0 unspecified atom stereocenters. The van der Waals surface area contributed by atoms with Crippen molar-refractivity contribution in [1.82, 2.24) is 4.90 Å². The number of hydrogen-bond acceptors (Lipinski definition) is 4.